The predicted molar refractivity (Wildman–Crippen MR) is 209 cm³/mol. The molecule has 0 atom stereocenters. The van der Waals surface area contributed by atoms with Gasteiger partial charge in [0, 0.05) is 28.8 Å². The Balaban J connectivity index is 0.946. The van der Waals surface area contributed by atoms with Gasteiger partial charge in [0.05, 0.1) is 18.5 Å². The minimum atomic E-state index is -0.391. The fourth-order valence-corrected chi connectivity index (χ4v) is 6.09. The fraction of sp³-hybridized carbons (Fsp3) is 0.0256. The molecule has 0 aliphatic rings. The molecule has 0 aliphatic heterocycles. The number of carbonyl (C=O) groups is 2. The van der Waals surface area contributed by atoms with Gasteiger partial charge in [-0.05, 0) is 95.1 Å². The molecule has 15 heteroatoms. The van der Waals surface area contributed by atoms with Gasteiger partial charge in [-0.1, -0.05) is 48.5 Å². The number of nitrogen functional groups attached to an aromatic ring is 2. The number of ether oxygens (including phenoxy) is 1. The summed E-state index contributed by atoms with van der Waals surface area (Å²) in [5.41, 5.74) is 20.9. The van der Waals surface area contributed by atoms with Crippen molar-refractivity contribution in [3.63, 3.8) is 0 Å². The highest BCUT2D eigenvalue weighted by atomic mass is 16.5. The first-order valence-electron chi connectivity index (χ1n) is 16.7. The highest BCUT2D eigenvalue weighted by Gasteiger charge is 2.14. The van der Waals surface area contributed by atoms with Crippen molar-refractivity contribution < 1.29 is 14.3 Å². The summed E-state index contributed by atoms with van der Waals surface area (Å²) in [6.45, 7) is 0. The molecule has 0 saturated heterocycles. The first kappa shape index (κ1) is 33.2. The number of benzene rings is 4. The number of nitrogens with two attached hydrogens (primary N) is 2. The molecule has 8 aromatic rings. The molecule has 0 radical (unpaired) electrons. The smallest absolute Gasteiger partial charge is 0.323 e. The van der Waals surface area contributed by atoms with Crippen LogP contribution in [0.5, 0.6) is 5.75 Å². The Morgan fingerprint density at radius 3 is 1.59 bits per heavy atom. The molecule has 8 N–H and O–H groups in total. The number of amides is 4. The number of rotatable bonds is 8. The summed E-state index contributed by atoms with van der Waals surface area (Å²) in [5.74, 6) is 1.18. The van der Waals surface area contributed by atoms with Crippen molar-refractivity contribution in [2.24, 2.45) is 0 Å². The van der Waals surface area contributed by atoms with Crippen LogP contribution in [0.3, 0.4) is 0 Å². The lowest BCUT2D eigenvalue weighted by Gasteiger charge is -2.13. The maximum atomic E-state index is 12.9. The molecular formula is C39H32N12O3. The Labute approximate surface area is 307 Å². The molecule has 8 rings (SSSR count). The number of carbonyl (C=O) groups excluding carboxylic acids is 2. The van der Waals surface area contributed by atoms with Gasteiger partial charge in [0.1, 0.15) is 5.75 Å². The van der Waals surface area contributed by atoms with Crippen LogP contribution in [0.1, 0.15) is 0 Å². The van der Waals surface area contributed by atoms with Crippen molar-refractivity contribution in [2.75, 3.05) is 39.8 Å². The van der Waals surface area contributed by atoms with E-state index in [4.69, 9.17) is 16.2 Å². The van der Waals surface area contributed by atoms with E-state index in [2.05, 4.69) is 41.7 Å². The van der Waals surface area contributed by atoms with E-state index in [0.29, 0.717) is 45.7 Å². The Hall–Kier alpha value is -7.94. The molecule has 0 bridgehead atoms. The molecule has 0 fully saturated rings. The lowest BCUT2D eigenvalue weighted by molar-refractivity contribution is 0.261. The highest BCUT2D eigenvalue weighted by molar-refractivity contribution is 6.01. The minimum absolute atomic E-state index is 0.240. The van der Waals surface area contributed by atoms with Crippen LogP contribution < -0.4 is 37.5 Å². The fourth-order valence-electron chi connectivity index (χ4n) is 6.09. The maximum Gasteiger partial charge on any atom is 0.323 e. The Kier molecular flexibility index (Phi) is 8.61. The zero-order valence-electron chi connectivity index (χ0n) is 28.7. The van der Waals surface area contributed by atoms with Crippen molar-refractivity contribution in [1.82, 2.24) is 29.2 Å². The molecule has 266 valence electrons. The highest BCUT2D eigenvalue weighted by Crippen LogP contribution is 2.31. The SMILES string of the molecule is COc1cccc(NC(=O)Nc2ccc(-c3cc(-c4ccc(NC(=O)Nc5ccc(-c6cccc7nnc(N)n67)cc5)cc4)cc4nnc(N)n34)cc2)c1. The first-order valence-corrected chi connectivity index (χ1v) is 16.7. The zero-order chi connectivity index (χ0) is 37.2. The van der Waals surface area contributed by atoms with Gasteiger partial charge in [-0.2, -0.15) is 0 Å². The van der Waals surface area contributed by atoms with Crippen LogP contribution >= 0.6 is 0 Å². The molecule has 54 heavy (non-hydrogen) atoms. The third kappa shape index (κ3) is 6.74. The lowest BCUT2D eigenvalue weighted by atomic mass is 10.0. The molecular weight excluding hydrogens is 685 g/mol. The van der Waals surface area contributed by atoms with Crippen LogP contribution in [-0.4, -0.2) is 48.4 Å². The van der Waals surface area contributed by atoms with Crippen LogP contribution in [0, 0.1) is 0 Å². The number of aromatic nitrogens is 6. The summed E-state index contributed by atoms with van der Waals surface area (Å²) in [6, 6.07) is 38.1. The van der Waals surface area contributed by atoms with E-state index in [1.807, 2.05) is 91.0 Å². The number of nitrogens with one attached hydrogen (secondary N) is 4. The number of hydrogen-bond donors (Lipinski definition) is 6. The number of nitrogens with zero attached hydrogens (tertiary/aromatic N) is 6. The van der Waals surface area contributed by atoms with Crippen LogP contribution in [0.4, 0.5) is 44.2 Å². The quantitative estimate of drug-likeness (QED) is 0.0937. The van der Waals surface area contributed by atoms with Crippen molar-refractivity contribution in [3.8, 4) is 39.4 Å². The van der Waals surface area contributed by atoms with Crippen molar-refractivity contribution >= 4 is 58.0 Å². The summed E-state index contributed by atoms with van der Waals surface area (Å²) in [5, 5.41) is 27.8. The van der Waals surface area contributed by atoms with E-state index in [1.165, 1.54) is 0 Å². The number of urea groups is 2. The van der Waals surface area contributed by atoms with Gasteiger partial charge in [-0.15, -0.1) is 20.4 Å². The number of pyridine rings is 2. The third-order valence-corrected chi connectivity index (χ3v) is 8.67. The predicted octanol–water partition coefficient (Wildman–Crippen LogP) is 7.23. The average molecular weight is 717 g/mol. The summed E-state index contributed by atoms with van der Waals surface area (Å²) >= 11 is 0. The van der Waals surface area contributed by atoms with Gasteiger partial charge in [0.15, 0.2) is 11.3 Å². The maximum absolute atomic E-state index is 12.9. The van der Waals surface area contributed by atoms with Gasteiger partial charge in [-0.25, -0.2) is 9.59 Å². The van der Waals surface area contributed by atoms with E-state index in [-0.39, 0.29) is 12.0 Å². The summed E-state index contributed by atoms with van der Waals surface area (Å²) in [7, 11) is 1.57. The van der Waals surface area contributed by atoms with Gasteiger partial charge >= 0.3 is 12.1 Å². The number of anilines is 6. The third-order valence-electron chi connectivity index (χ3n) is 8.67. The van der Waals surface area contributed by atoms with E-state index < -0.39 is 6.03 Å². The van der Waals surface area contributed by atoms with Crippen molar-refractivity contribution in [2.45, 2.75) is 0 Å². The molecule has 0 spiro atoms. The average Bonchev–Trinajstić information content (AvgIpc) is 3.77. The Morgan fingerprint density at radius 1 is 0.500 bits per heavy atom. The first-order chi connectivity index (χ1) is 26.3. The Bertz CT molecular complexity index is 2650. The van der Waals surface area contributed by atoms with Gasteiger partial charge < -0.3 is 37.5 Å². The zero-order valence-corrected chi connectivity index (χ0v) is 28.7. The monoisotopic (exact) mass is 716 g/mol. The van der Waals surface area contributed by atoms with E-state index in [9.17, 15) is 9.59 Å². The minimum Gasteiger partial charge on any atom is -0.497 e. The standard InChI is InChI=1S/C39H32N12O3/c1-54-31-5-2-4-30(22-31)45-39(53)44-29-18-12-25(13-19-29)33-20-26(21-35-47-49-37(41)51(33)35)23-8-14-27(15-9-23)42-38(52)43-28-16-10-24(11-17-28)32-6-3-7-34-46-48-36(40)50(32)34/h2-22H,1H3,(H2,40,48)(H2,41,49)(H2,42,43,52)(H2,44,45,53). The molecule has 0 unspecified atom stereocenters. The van der Waals surface area contributed by atoms with Gasteiger partial charge in [0.2, 0.25) is 11.9 Å². The number of methoxy groups -OCH3 is 1. The topological polar surface area (TPSA) is 204 Å². The molecule has 4 aromatic carbocycles. The molecule has 15 nitrogen and oxygen atoms in total. The molecule has 4 aromatic heterocycles. The van der Waals surface area contributed by atoms with Crippen LogP contribution in [-0.2, 0) is 0 Å². The van der Waals surface area contributed by atoms with Crippen LogP contribution in [0.2, 0.25) is 0 Å². The van der Waals surface area contributed by atoms with Gasteiger partial charge in [0.25, 0.3) is 0 Å². The second-order valence-electron chi connectivity index (χ2n) is 12.2. The molecule has 0 saturated carbocycles. The van der Waals surface area contributed by atoms with E-state index in [1.54, 1.807) is 52.3 Å². The summed E-state index contributed by atoms with van der Waals surface area (Å²) in [4.78, 5) is 25.5. The van der Waals surface area contributed by atoms with Crippen LogP contribution in [0.25, 0.3) is 44.9 Å². The summed E-state index contributed by atoms with van der Waals surface area (Å²) in [6.07, 6.45) is 0. The lowest BCUT2D eigenvalue weighted by Crippen LogP contribution is -2.19. The number of fused-ring (bicyclic) bond motifs is 2. The van der Waals surface area contributed by atoms with Crippen molar-refractivity contribution in [1.29, 1.82) is 0 Å². The van der Waals surface area contributed by atoms with E-state index in [0.717, 1.165) is 33.6 Å². The largest absolute Gasteiger partial charge is 0.497 e. The number of hydrogen-bond acceptors (Lipinski definition) is 9. The molecule has 4 amide bonds. The second kappa shape index (κ2) is 14.0. The van der Waals surface area contributed by atoms with Gasteiger partial charge in [-0.3, -0.25) is 8.80 Å². The molecule has 4 heterocycles. The second-order valence-corrected chi connectivity index (χ2v) is 12.2. The Morgan fingerprint density at radius 2 is 1.00 bits per heavy atom. The summed E-state index contributed by atoms with van der Waals surface area (Å²) < 4.78 is 8.75. The van der Waals surface area contributed by atoms with Crippen molar-refractivity contribution in [3.05, 3.63) is 127 Å². The van der Waals surface area contributed by atoms with E-state index >= 15 is 0 Å². The molecule has 0 aliphatic carbocycles. The normalized spacial score (nSPS) is 11.0. The van der Waals surface area contributed by atoms with Crippen LogP contribution in [0.15, 0.2) is 127 Å².